The van der Waals surface area contributed by atoms with Gasteiger partial charge in [0.05, 0.1) is 10.8 Å². The van der Waals surface area contributed by atoms with Crippen molar-refractivity contribution in [2.45, 2.75) is 30.1 Å². The van der Waals surface area contributed by atoms with Crippen molar-refractivity contribution in [3.8, 4) is 0 Å². The van der Waals surface area contributed by atoms with Gasteiger partial charge in [-0.25, -0.2) is 8.42 Å². The molecule has 0 atom stereocenters. The highest BCUT2D eigenvalue weighted by atomic mass is 32.2. The van der Waals surface area contributed by atoms with Gasteiger partial charge in [0.25, 0.3) is 0 Å². The molecule has 1 fully saturated rings. The van der Waals surface area contributed by atoms with E-state index in [0.29, 0.717) is 31.0 Å². The SMILES string of the molecule is O=C(C(c1ccccc1)c1ccccc1)N1CCc2cc(S(=O)(=O)N3CCCC3)ccc21. The minimum atomic E-state index is -3.47. The number of carbonyl (C=O) groups is 1. The Morgan fingerprint density at radius 1 is 0.781 bits per heavy atom. The second-order valence-corrected chi connectivity index (χ2v) is 10.3. The molecule has 0 bridgehead atoms. The number of rotatable bonds is 5. The number of carbonyl (C=O) groups excluding carboxylic acids is 1. The van der Waals surface area contributed by atoms with E-state index >= 15 is 0 Å². The van der Waals surface area contributed by atoms with Gasteiger partial charge in [0.15, 0.2) is 0 Å². The van der Waals surface area contributed by atoms with Crippen LogP contribution in [-0.2, 0) is 21.2 Å². The smallest absolute Gasteiger partial charge is 0.243 e. The lowest BCUT2D eigenvalue weighted by molar-refractivity contribution is -0.119. The van der Waals surface area contributed by atoms with Gasteiger partial charge in [-0.3, -0.25) is 4.79 Å². The largest absolute Gasteiger partial charge is 0.311 e. The molecule has 0 unspecified atom stereocenters. The van der Waals surface area contributed by atoms with Crippen LogP contribution in [0.4, 0.5) is 5.69 Å². The third-order valence-corrected chi connectivity index (χ3v) is 8.32. The molecule has 0 N–H and O–H groups in total. The molecular formula is C26H26N2O3S. The van der Waals surface area contributed by atoms with Crippen molar-refractivity contribution < 1.29 is 13.2 Å². The molecule has 0 spiro atoms. The lowest BCUT2D eigenvalue weighted by atomic mass is 9.90. The Balaban J connectivity index is 1.48. The molecule has 3 aromatic carbocycles. The fraction of sp³-hybridized carbons (Fsp3) is 0.269. The van der Waals surface area contributed by atoms with Crippen LogP contribution in [-0.4, -0.2) is 38.3 Å². The van der Waals surface area contributed by atoms with Crippen molar-refractivity contribution in [2.75, 3.05) is 24.5 Å². The molecule has 1 amide bonds. The second kappa shape index (κ2) is 8.52. The molecule has 0 radical (unpaired) electrons. The highest BCUT2D eigenvalue weighted by Gasteiger charge is 2.34. The highest BCUT2D eigenvalue weighted by molar-refractivity contribution is 7.89. The van der Waals surface area contributed by atoms with E-state index in [1.54, 1.807) is 22.5 Å². The summed E-state index contributed by atoms with van der Waals surface area (Å²) in [6.07, 6.45) is 2.47. The molecule has 6 heteroatoms. The van der Waals surface area contributed by atoms with Crippen LogP contribution < -0.4 is 4.90 Å². The van der Waals surface area contributed by atoms with Gasteiger partial charge in [0.1, 0.15) is 0 Å². The summed E-state index contributed by atoms with van der Waals surface area (Å²) in [5.41, 5.74) is 3.63. The van der Waals surface area contributed by atoms with E-state index in [1.165, 1.54) is 0 Å². The summed E-state index contributed by atoms with van der Waals surface area (Å²) in [5, 5.41) is 0. The molecule has 32 heavy (non-hydrogen) atoms. The van der Waals surface area contributed by atoms with E-state index in [4.69, 9.17) is 0 Å². The summed E-state index contributed by atoms with van der Waals surface area (Å²) in [5.74, 6) is -0.396. The van der Waals surface area contributed by atoms with Gasteiger partial charge in [0.2, 0.25) is 15.9 Å². The van der Waals surface area contributed by atoms with Crippen LogP contribution >= 0.6 is 0 Å². The first-order valence-corrected chi connectivity index (χ1v) is 12.5. The standard InChI is InChI=1S/C26H26N2O3S/c29-26(25(20-9-3-1-4-10-20)21-11-5-2-6-12-21)28-18-15-22-19-23(13-14-24(22)28)32(30,31)27-16-7-8-17-27/h1-6,9-14,19,25H,7-8,15-18H2. The zero-order valence-electron chi connectivity index (χ0n) is 17.9. The van der Waals surface area contributed by atoms with Crippen LogP contribution in [0.15, 0.2) is 83.8 Å². The Hall–Kier alpha value is -2.96. The lowest BCUT2D eigenvalue weighted by Gasteiger charge is -2.25. The molecule has 2 heterocycles. The van der Waals surface area contributed by atoms with E-state index in [1.807, 2.05) is 65.6 Å². The molecule has 1 saturated heterocycles. The average Bonchev–Trinajstić information content (AvgIpc) is 3.51. The average molecular weight is 447 g/mol. The minimum absolute atomic E-state index is 0.0105. The van der Waals surface area contributed by atoms with Gasteiger partial charge in [-0.2, -0.15) is 4.31 Å². The molecule has 5 nitrogen and oxygen atoms in total. The molecule has 0 aromatic heterocycles. The van der Waals surface area contributed by atoms with Crippen LogP contribution in [0.2, 0.25) is 0 Å². The molecule has 2 aliphatic rings. The number of amides is 1. The first-order chi connectivity index (χ1) is 15.6. The van der Waals surface area contributed by atoms with Crippen molar-refractivity contribution in [2.24, 2.45) is 0 Å². The number of nitrogens with zero attached hydrogens (tertiary/aromatic N) is 2. The first kappa shape index (κ1) is 20.9. The number of anilines is 1. The summed E-state index contributed by atoms with van der Waals surface area (Å²) in [4.78, 5) is 15.9. The maximum atomic E-state index is 13.8. The first-order valence-electron chi connectivity index (χ1n) is 11.1. The Kier molecular flexibility index (Phi) is 5.57. The zero-order chi connectivity index (χ0) is 22.1. The molecule has 0 aliphatic carbocycles. The Morgan fingerprint density at radius 3 is 1.97 bits per heavy atom. The van der Waals surface area contributed by atoms with Crippen LogP contribution in [0.3, 0.4) is 0 Å². The van der Waals surface area contributed by atoms with Crippen molar-refractivity contribution >= 4 is 21.6 Å². The summed E-state index contributed by atoms with van der Waals surface area (Å²) in [6, 6.07) is 24.8. The number of fused-ring (bicyclic) bond motifs is 1. The van der Waals surface area contributed by atoms with E-state index in [0.717, 1.165) is 35.2 Å². The fourth-order valence-electron chi connectivity index (χ4n) is 4.77. The quantitative estimate of drug-likeness (QED) is 0.590. The number of sulfonamides is 1. The molecule has 0 saturated carbocycles. The second-order valence-electron chi connectivity index (χ2n) is 8.40. The Bertz CT molecular complexity index is 1180. The molecule has 5 rings (SSSR count). The van der Waals surface area contributed by atoms with Crippen LogP contribution in [0.1, 0.15) is 35.4 Å². The van der Waals surface area contributed by atoms with Crippen molar-refractivity contribution in [1.29, 1.82) is 0 Å². The van der Waals surface area contributed by atoms with Crippen LogP contribution in [0.25, 0.3) is 0 Å². The third kappa shape index (κ3) is 3.74. The monoisotopic (exact) mass is 446 g/mol. The predicted molar refractivity (Wildman–Crippen MR) is 125 cm³/mol. The van der Waals surface area contributed by atoms with Gasteiger partial charge in [0, 0.05) is 25.3 Å². The van der Waals surface area contributed by atoms with Gasteiger partial charge in [-0.05, 0) is 54.2 Å². The number of hydrogen-bond donors (Lipinski definition) is 0. The lowest BCUT2D eigenvalue weighted by Crippen LogP contribution is -2.34. The maximum Gasteiger partial charge on any atom is 0.243 e. The molecule has 2 aliphatic heterocycles. The fourth-order valence-corrected chi connectivity index (χ4v) is 6.34. The van der Waals surface area contributed by atoms with E-state index in [2.05, 4.69) is 0 Å². The van der Waals surface area contributed by atoms with Crippen molar-refractivity contribution in [1.82, 2.24) is 4.31 Å². The van der Waals surface area contributed by atoms with Gasteiger partial charge in [-0.1, -0.05) is 60.7 Å². The van der Waals surface area contributed by atoms with Crippen LogP contribution in [0, 0.1) is 0 Å². The van der Waals surface area contributed by atoms with E-state index in [9.17, 15) is 13.2 Å². The van der Waals surface area contributed by atoms with E-state index in [-0.39, 0.29) is 5.91 Å². The van der Waals surface area contributed by atoms with Crippen LogP contribution in [0.5, 0.6) is 0 Å². The predicted octanol–water partition coefficient (Wildman–Crippen LogP) is 4.19. The summed E-state index contributed by atoms with van der Waals surface area (Å²) in [6.45, 7) is 1.72. The number of benzene rings is 3. The number of hydrogen-bond acceptors (Lipinski definition) is 3. The molecular weight excluding hydrogens is 420 g/mol. The van der Waals surface area contributed by atoms with Gasteiger partial charge >= 0.3 is 0 Å². The van der Waals surface area contributed by atoms with Gasteiger partial charge < -0.3 is 4.90 Å². The maximum absolute atomic E-state index is 13.8. The highest BCUT2D eigenvalue weighted by Crippen LogP contribution is 2.36. The summed E-state index contributed by atoms with van der Waals surface area (Å²) >= 11 is 0. The minimum Gasteiger partial charge on any atom is -0.311 e. The Labute approximate surface area is 189 Å². The van der Waals surface area contributed by atoms with E-state index < -0.39 is 15.9 Å². The van der Waals surface area contributed by atoms with Crippen molar-refractivity contribution in [3.63, 3.8) is 0 Å². The topological polar surface area (TPSA) is 57.7 Å². The molecule has 164 valence electrons. The van der Waals surface area contributed by atoms with Gasteiger partial charge in [-0.15, -0.1) is 0 Å². The summed E-state index contributed by atoms with van der Waals surface area (Å²) < 4.78 is 27.5. The molecule has 3 aromatic rings. The Morgan fingerprint density at radius 2 is 1.38 bits per heavy atom. The van der Waals surface area contributed by atoms with Crippen molar-refractivity contribution in [3.05, 3.63) is 95.6 Å². The third-order valence-electron chi connectivity index (χ3n) is 6.43. The summed E-state index contributed by atoms with van der Waals surface area (Å²) in [7, 11) is -3.47. The zero-order valence-corrected chi connectivity index (χ0v) is 18.7. The normalized spacial score (nSPS) is 16.5.